The third-order valence-corrected chi connectivity index (χ3v) is 2.36. The summed E-state index contributed by atoms with van der Waals surface area (Å²) >= 11 is 0. The van der Waals surface area contributed by atoms with Crippen molar-refractivity contribution in [1.82, 2.24) is 4.98 Å². The van der Waals surface area contributed by atoms with Crippen LogP contribution in [-0.2, 0) is 6.54 Å². The van der Waals surface area contributed by atoms with E-state index >= 15 is 0 Å². The lowest BCUT2D eigenvalue weighted by Gasteiger charge is -2.08. The Bertz CT molecular complexity index is 506. The number of hydrogen-bond donors (Lipinski definition) is 1. The molecular weight excluding hydrogens is 222 g/mol. The Kier molecular flexibility index (Phi) is 3.32. The Balaban J connectivity index is 2.13. The van der Waals surface area contributed by atoms with Crippen molar-refractivity contribution in [2.75, 3.05) is 5.32 Å². The molecule has 2 rings (SSSR count). The van der Waals surface area contributed by atoms with E-state index in [-0.39, 0.29) is 5.69 Å². The Morgan fingerprint density at radius 3 is 2.35 bits per heavy atom. The van der Waals surface area contributed by atoms with E-state index in [9.17, 15) is 8.78 Å². The number of benzene rings is 1. The molecule has 0 bridgehead atoms. The van der Waals surface area contributed by atoms with Crippen LogP contribution in [0.3, 0.4) is 0 Å². The standard InChI is InChI=1S/C13H12F2N2/c1-9-4-2-5-10(17-9)8-16-13-11(14)6-3-7-12(13)15/h2-7,16H,8H2,1H3. The van der Waals surface area contributed by atoms with Gasteiger partial charge in [-0.2, -0.15) is 0 Å². The minimum absolute atomic E-state index is 0.115. The van der Waals surface area contributed by atoms with Gasteiger partial charge in [0.1, 0.15) is 17.3 Å². The molecule has 17 heavy (non-hydrogen) atoms. The lowest BCUT2D eigenvalue weighted by molar-refractivity contribution is 0.588. The number of rotatable bonds is 3. The number of anilines is 1. The van der Waals surface area contributed by atoms with E-state index in [4.69, 9.17) is 0 Å². The number of halogens is 2. The topological polar surface area (TPSA) is 24.9 Å². The molecule has 0 aliphatic carbocycles. The summed E-state index contributed by atoms with van der Waals surface area (Å²) in [5.74, 6) is -1.20. The fourth-order valence-electron chi connectivity index (χ4n) is 1.54. The number of hydrogen-bond acceptors (Lipinski definition) is 2. The Labute approximate surface area is 98.3 Å². The molecule has 1 N–H and O–H groups in total. The molecule has 0 atom stereocenters. The molecule has 0 unspecified atom stereocenters. The quantitative estimate of drug-likeness (QED) is 0.881. The summed E-state index contributed by atoms with van der Waals surface area (Å²) in [6, 6.07) is 9.30. The molecule has 0 spiro atoms. The van der Waals surface area contributed by atoms with E-state index in [1.165, 1.54) is 18.2 Å². The maximum Gasteiger partial charge on any atom is 0.149 e. The molecule has 88 valence electrons. The first kappa shape index (κ1) is 11.5. The zero-order valence-corrected chi connectivity index (χ0v) is 9.37. The molecule has 2 aromatic rings. The second kappa shape index (κ2) is 4.91. The van der Waals surface area contributed by atoms with Crippen LogP contribution in [0.25, 0.3) is 0 Å². The second-order valence-corrected chi connectivity index (χ2v) is 3.72. The number of aromatic nitrogens is 1. The lowest BCUT2D eigenvalue weighted by atomic mass is 10.2. The van der Waals surface area contributed by atoms with Crippen LogP contribution in [0.15, 0.2) is 36.4 Å². The Hall–Kier alpha value is -1.97. The predicted molar refractivity (Wildman–Crippen MR) is 62.7 cm³/mol. The molecule has 1 aromatic heterocycles. The molecule has 0 aliphatic rings. The van der Waals surface area contributed by atoms with Gasteiger partial charge in [-0.3, -0.25) is 4.98 Å². The van der Waals surface area contributed by atoms with Crippen molar-refractivity contribution in [2.24, 2.45) is 0 Å². The number of aryl methyl sites for hydroxylation is 1. The highest BCUT2D eigenvalue weighted by atomic mass is 19.1. The zero-order valence-electron chi connectivity index (χ0n) is 9.37. The van der Waals surface area contributed by atoms with E-state index in [1.807, 2.05) is 19.1 Å². The van der Waals surface area contributed by atoms with Gasteiger partial charge in [0.2, 0.25) is 0 Å². The zero-order chi connectivity index (χ0) is 12.3. The fraction of sp³-hybridized carbons (Fsp3) is 0.154. The minimum atomic E-state index is -0.599. The molecule has 0 amide bonds. The van der Waals surface area contributed by atoms with E-state index < -0.39 is 11.6 Å². The van der Waals surface area contributed by atoms with Crippen molar-refractivity contribution >= 4 is 5.69 Å². The molecule has 0 radical (unpaired) electrons. The maximum atomic E-state index is 13.3. The molecule has 0 fully saturated rings. The summed E-state index contributed by atoms with van der Waals surface area (Å²) in [6.07, 6.45) is 0. The van der Waals surface area contributed by atoms with Gasteiger partial charge in [0.15, 0.2) is 0 Å². The van der Waals surface area contributed by atoms with Crippen LogP contribution in [0.1, 0.15) is 11.4 Å². The summed E-state index contributed by atoms with van der Waals surface area (Å²) in [5, 5.41) is 2.71. The van der Waals surface area contributed by atoms with Crippen LogP contribution in [0, 0.1) is 18.6 Å². The van der Waals surface area contributed by atoms with Gasteiger partial charge in [0.25, 0.3) is 0 Å². The van der Waals surface area contributed by atoms with Crippen molar-refractivity contribution in [1.29, 1.82) is 0 Å². The average Bonchev–Trinajstić information content (AvgIpc) is 2.28. The van der Waals surface area contributed by atoms with Gasteiger partial charge in [0, 0.05) is 5.69 Å². The average molecular weight is 234 g/mol. The first-order valence-corrected chi connectivity index (χ1v) is 5.27. The van der Waals surface area contributed by atoms with Crippen LogP contribution >= 0.6 is 0 Å². The Morgan fingerprint density at radius 2 is 1.71 bits per heavy atom. The molecule has 0 saturated heterocycles. The van der Waals surface area contributed by atoms with Crippen molar-refractivity contribution in [3.63, 3.8) is 0 Å². The summed E-state index contributed by atoms with van der Waals surface area (Å²) in [5.41, 5.74) is 1.50. The van der Waals surface area contributed by atoms with Crippen LogP contribution < -0.4 is 5.32 Å². The van der Waals surface area contributed by atoms with Crippen molar-refractivity contribution in [2.45, 2.75) is 13.5 Å². The van der Waals surface area contributed by atoms with Crippen LogP contribution in [0.2, 0.25) is 0 Å². The summed E-state index contributed by atoms with van der Waals surface area (Å²) in [7, 11) is 0. The van der Waals surface area contributed by atoms with Crippen LogP contribution in [0.4, 0.5) is 14.5 Å². The van der Waals surface area contributed by atoms with E-state index in [1.54, 1.807) is 6.07 Å². The van der Waals surface area contributed by atoms with E-state index in [0.717, 1.165) is 11.4 Å². The Morgan fingerprint density at radius 1 is 1.06 bits per heavy atom. The fourth-order valence-corrected chi connectivity index (χ4v) is 1.54. The largest absolute Gasteiger partial charge is 0.375 e. The molecule has 2 nitrogen and oxygen atoms in total. The highest BCUT2D eigenvalue weighted by Crippen LogP contribution is 2.18. The predicted octanol–water partition coefficient (Wildman–Crippen LogP) is 3.28. The van der Waals surface area contributed by atoms with Gasteiger partial charge >= 0.3 is 0 Å². The van der Waals surface area contributed by atoms with E-state index in [0.29, 0.717) is 6.54 Å². The lowest BCUT2D eigenvalue weighted by Crippen LogP contribution is -2.05. The van der Waals surface area contributed by atoms with Crippen molar-refractivity contribution in [3.05, 3.63) is 59.4 Å². The van der Waals surface area contributed by atoms with Crippen molar-refractivity contribution in [3.8, 4) is 0 Å². The highest BCUT2D eigenvalue weighted by Gasteiger charge is 2.07. The SMILES string of the molecule is Cc1cccc(CNc2c(F)cccc2F)n1. The normalized spacial score (nSPS) is 10.3. The van der Waals surface area contributed by atoms with Crippen LogP contribution in [0.5, 0.6) is 0 Å². The van der Waals surface area contributed by atoms with Crippen LogP contribution in [-0.4, -0.2) is 4.98 Å². The second-order valence-electron chi connectivity index (χ2n) is 3.72. The molecule has 1 aromatic carbocycles. The van der Waals surface area contributed by atoms with Gasteiger partial charge in [-0.25, -0.2) is 8.78 Å². The summed E-state index contributed by atoms with van der Waals surface area (Å²) in [4.78, 5) is 4.24. The van der Waals surface area contributed by atoms with Gasteiger partial charge in [-0.1, -0.05) is 12.1 Å². The number of pyridine rings is 1. The molecule has 0 aliphatic heterocycles. The number of nitrogens with one attached hydrogen (secondary N) is 1. The number of nitrogens with zero attached hydrogens (tertiary/aromatic N) is 1. The molecule has 4 heteroatoms. The monoisotopic (exact) mass is 234 g/mol. The first-order chi connectivity index (χ1) is 8.16. The third kappa shape index (κ3) is 2.78. The highest BCUT2D eigenvalue weighted by molar-refractivity contribution is 5.46. The molecule has 1 heterocycles. The van der Waals surface area contributed by atoms with Crippen molar-refractivity contribution < 1.29 is 8.78 Å². The van der Waals surface area contributed by atoms with E-state index in [2.05, 4.69) is 10.3 Å². The van der Waals surface area contributed by atoms with Gasteiger partial charge < -0.3 is 5.32 Å². The van der Waals surface area contributed by atoms with Gasteiger partial charge in [-0.05, 0) is 31.2 Å². The minimum Gasteiger partial charge on any atom is -0.375 e. The van der Waals surface area contributed by atoms with Gasteiger partial charge in [-0.15, -0.1) is 0 Å². The molecular formula is C13H12F2N2. The maximum absolute atomic E-state index is 13.3. The summed E-state index contributed by atoms with van der Waals surface area (Å²) in [6.45, 7) is 2.16. The third-order valence-electron chi connectivity index (χ3n) is 2.36. The molecule has 0 saturated carbocycles. The summed E-state index contributed by atoms with van der Waals surface area (Å²) < 4.78 is 26.6. The first-order valence-electron chi connectivity index (χ1n) is 5.27. The van der Waals surface area contributed by atoms with Gasteiger partial charge in [0.05, 0.1) is 12.2 Å². The number of para-hydroxylation sites is 1. The smallest absolute Gasteiger partial charge is 0.149 e.